The number of hydrogen-bond acceptors (Lipinski definition) is 6. The Labute approximate surface area is 150 Å². The minimum absolute atomic E-state index is 0.130. The van der Waals surface area contributed by atoms with Gasteiger partial charge in [0.25, 0.3) is 0 Å². The summed E-state index contributed by atoms with van der Waals surface area (Å²) in [5.74, 6) is -1.18. The molecule has 2 rings (SSSR count). The van der Waals surface area contributed by atoms with Crippen molar-refractivity contribution in [2.45, 2.75) is 20.3 Å². The Morgan fingerprint density at radius 3 is 2.54 bits per heavy atom. The average molecular weight is 354 g/mol. The molecule has 0 atom stereocenters. The van der Waals surface area contributed by atoms with Gasteiger partial charge < -0.3 is 14.6 Å². The van der Waals surface area contributed by atoms with Crippen LogP contribution in [0.4, 0.5) is 5.69 Å². The third-order valence-corrected chi connectivity index (χ3v) is 4.02. The van der Waals surface area contributed by atoms with Crippen LogP contribution in [-0.4, -0.2) is 41.8 Å². The molecule has 26 heavy (non-hydrogen) atoms. The first-order chi connectivity index (χ1) is 12.3. The van der Waals surface area contributed by atoms with E-state index in [-0.39, 0.29) is 35.1 Å². The van der Waals surface area contributed by atoms with Crippen molar-refractivity contribution in [3.63, 3.8) is 0 Å². The Hall–Kier alpha value is -3.47. The molecule has 134 valence electrons. The van der Waals surface area contributed by atoms with Gasteiger partial charge in [0, 0.05) is 19.7 Å². The quantitative estimate of drug-likeness (QED) is 0.646. The predicted octanol–water partition coefficient (Wildman–Crippen LogP) is 1.78. The van der Waals surface area contributed by atoms with E-state index >= 15 is 0 Å². The number of ketones is 1. The van der Waals surface area contributed by atoms with Crippen LogP contribution in [0.25, 0.3) is 0 Å². The van der Waals surface area contributed by atoms with Crippen molar-refractivity contribution in [3.05, 3.63) is 46.5 Å². The van der Waals surface area contributed by atoms with Gasteiger partial charge in [0.1, 0.15) is 11.8 Å². The van der Waals surface area contributed by atoms with Gasteiger partial charge in [0.15, 0.2) is 5.78 Å². The highest BCUT2D eigenvalue weighted by Crippen LogP contribution is 2.22. The zero-order valence-corrected chi connectivity index (χ0v) is 14.9. The lowest BCUT2D eigenvalue weighted by molar-refractivity contribution is -0.117. The third kappa shape index (κ3) is 3.62. The second-order valence-electron chi connectivity index (χ2n) is 5.67. The SMILES string of the molecule is COC(=O)c1c(CC(=O)N(C)c2ccc(C#N)nc2)[nH]c(C(C)=O)c1C. The Kier molecular flexibility index (Phi) is 5.52. The summed E-state index contributed by atoms with van der Waals surface area (Å²) >= 11 is 0. The van der Waals surface area contributed by atoms with E-state index < -0.39 is 5.97 Å². The van der Waals surface area contributed by atoms with Crippen LogP contribution in [0.5, 0.6) is 0 Å². The highest BCUT2D eigenvalue weighted by molar-refractivity contribution is 6.02. The fourth-order valence-electron chi connectivity index (χ4n) is 2.59. The number of nitriles is 1. The zero-order valence-electron chi connectivity index (χ0n) is 14.9. The van der Waals surface area contributed by atoms with E-state index in [0.29, 0.717) is 16.9 Å². The minimum atomic E-state index is -0.614. The fourth-order valence-corrected chi connectivity index (χ4v) is 2.59. The first-order valence-corrected chi connectivity index (χ1v) is 7.73. The molecule has 2 heterocycles. The molecular formula is C18H18N4O4. The topological polar surface area (TPSA) is 116 Å². The third-order valence-electron chi connectivity index (χ3n) is 4.02. The molecule has 2 aromatic heterocycles. The van der Waals surface area contributed by atoms with Gasteiger partial charge in [-0.2, -0.15) is 5.26 Å². The van der Waals surface area contributed by atoms with Crippen molar-refractivity contribution in [2.24, 2.45) is 0 Å². The Balaban J connectivity index is 2.32. The summed E-state index contributed by atoms with van der Waals surface area (Å²) in [4.78, 5) is 44.5. The highest BCUT2D eigenvalue weighted by Gasteiger charge is 2.25. The summed E-state index contributed by atoms with van der Waals surface area (Å²) in [5, 5.41) is 8.78. The molecule has 0 saturated carbocycles. The van der Waals surface area contributed by atoms with E-state index in [0.717, 1.165) is 0 Å². The van der Waals surface area contributed by atoms with Crippen molar-refractivity contribution in [2.75, 3.05) is 19.1 Å². The number of nitrogens with zero attached hydrogens (tertiary/aromatic N) is 3. The summed E-state index contributed by atoms with van der Waals surface area (Å²) in [7, 11) is 2.80. The van der Waals surface area contributed by atoms with E-state index in [1.807, 2.05) is 6.07 Å². The number of Topliss-reactive ketones (excluding diaryl/α,β-unsaturated/α-hetero) is 1. The first kappa shape index (κ1) is 18.9. The van der Waals surface area contributed by atoms with E-state index in [1.165, 1.54) is 31.2 Å². The molecule has 2 aromatic rings. The second kappa shape index (κ2) is 7.61. The molecule has 0 radical (unpaired) electrons. The zero-order chi connectivity index (χ0) is 19.4. The molecule has 0 saturated heterocycles. The summed E-state index contributed by atoms with van der Waals surface area (Å²) in [6.45, 7) is 3.00. The molecule has 0 unspecified atom stereocenters. The van der Waals surface area contributed by atoms with Crippen molar-refractivity contribution < 1.29 is 19.1 Å². The molecule has 0 fully saturated rings. The van der Waals surface area contributed by atoms with E-state index in [1.54, 1.807) is 20.0 Å². The number of anilines is 1. The van der Waals surface area contributed by atoms with Gasteiger partial charge in [-0.05, 0) is 24.6 Å². The molecule has 0 aliphatic rings. The maximum atomic E-state index is 12.6. The maximum Gasteiger partial charge on any atom is 0.339 e. The van der Waals surface area contributed by atoms with Crippen LogP contribution in [0.2, 0.25) is 0 Å². The molecule has 0 aromatic carbocycles. The fraction of sp³-hybridized carbons (Fsp3) is 0.278. The molecule has 8 heteroatoms. The standard InChI is InChI=1S/C18H18N4O4/c1-10-16(18(25)26-4)14(21-17(10)11(2)23)7-15(24)22(3)13-6-5-12(8-19)20-9-13/h5-6,9,21H,7H2,1-4H3. The van der Waals surface area contributed by atoms with Gasteiger partial charge in [0.2, 0.25) is 5.91 Å². The van der Waals surface area contributed by atoms with Gasteiger partial charge in [-0.15, -0.1) is 0 Å². The number of hydrogen-bond donors (Lipinski definition) is 1. The van der Waals surface area contributed by atoms with E-state index in [4.69, 9.17) is 10.00 Å². The number of aromatic amines is 1. The Morgan fingerprint density at radius 1 is 1.35 bits per heavy atom. The molecule has 0 spiro atoms. The van der Waals surface area contributed by atoms with Crippen LogP contribution >= 0.6 is 0 Å². The number of rotatable bonds is 5. The van der Waals surface area contributed by atoms with Gasteiger partial charge in [-0.3, -0.25) is 9.59 Å². The van der Waals surface area contributed by atoms with Crippen molar-refractivity contribution >= 4 is 23.3 Å². The molecule has 0 bridgehead atoms. The van der Waals surface area contributed by atoms with Gasteiger partial charge in [-0.25, -0.2) is 9.78 Å². The molecule has 0 aliphatic carbocycles. The second-order valence-corrected chi connectivity index (χ2v) is 5.67. The maximum absolute atomic E-state index is 12.6. The number of likely N-dealkylation sites (N-methyl/N-ethyl adjacent to an activating group) is 1. The first-order valence-electron chi connectivity index (χ1n) is 7.73. The lowest BCUT2D eigenvalue weighted by atomic mass is 10.1. The number of ether oxygens (including phenoxy) is 1. The van der Waals surface area contributed by atoms with E-state index in [2.05, 4.69) is 9.97 Å². The van der Waals surface area contributed by atoms with Crippen molar-refractivity contribution in [1.29, 1.82) is 5.26 Å². The van der Waals surface area contributed by atoms with Crippen LogP contribution in [0, 0.1) is 18.3 Å². The number of methoxy groups -OCH3 is 1. The lowest BCUT2D eigenvalue weighted by Crippen LogP contribution is -2.28. The molecular weight excluding hydrogens is 336 g/mol. The monoisotopic (exact) mass is 354 g/mol. The number of esters is 1. The van der Waals surface area contributed by atoms with Crippen LogP contribution in [-0.2, 0) is 16.0 Å². The summed E-state index contributed by atoms with van der Waals surface area (Å²) in [5.41, 5.74) is 1.98. The normalized spacial score (nSPS) is 10.1. The molecule has 0 aliphatic heterocycles. The average Bonchev–Trinajstić information content (AvgIpc) is 2.96. The highest BCUT2D eigenvalue weighted by atomic mass is 16.5. The van der Waals surface area contributed by atoms with Gasteiger partial charge in [0.05, 0.1) is 36.7 Å². The number of H-pyrrole nitrogens is 1. The minimum Gasteiger partial charge on any atom is -0.465 e. The number of nitrogens with one attached hydrogen (secondary N) is 1. The van der Waals surface area contributed by atoms with Crippen molar-refractivity contribution in [1.82, 2.24) is 9.97 Å². The largest absolute Gasteiger partial charge is 0.465 e. The summed E-state index contributed by atoms with van der Waals surface area (Å²) < 4.78 is 4.77. The van der Waals surface area contributed by atoms with Crippen molar-refractivity contribution in [3.8, 4) is 6.07 Å². The number of carbonyl (C=O) groups is 3. The lowest BCUT2D eigenvalue weighted by Gasteiger charge is -2.17. The number of amides is 1. The smallest absolute Gasteiger partial charge is 0.339 e. The Morgan fingerprint density at radius 2 is 2.04 bits per heavy atom. The molecule has 1 N–H and O–H groups in total. The van der Waals surface area contributed by atoms with Gasteiger partial charge in [-0.1, -0.05) is 0 Å². The van der Waals surface area contributed by atoms with Crippen LogP contribution in [0.15, 0.2) is 18.3 Å². The van der Waals surface area contributed by atoms with E-state index in [9.17, 15) is 14.4 Å². The molecule has 8 nitrogen and oxygen atoms in total. The predicted molar refractivity (Wildman–Crippen MR) is 92.9 cm³/mol. The number of pyridine rings is 1. The van der Waals surface area contributed by atoms with Crippen LogP contribution < -0.4 is 4.90 Å². The van der Waals surface area contributed by atoms with Crippen LogP contribution in [0.3, 0.4) is 0 Å². The van der Waals surface area contributed by atoms with Gasteiger partial charge >= 0.3 is 5.97 Å². The molecule has 1 amide bonds. The Bertz CT molecular complexity index is 907. The summed E-state index contributed by atoms with van der Waals surface area (Å²) in [6, 6.07) is 5.01. The number of aromatic nitrogens is 2. The van der Waals surface area contributed by atoms with Crippen LogP contribution in [0.1, 0.15) is 44.7 Å². The number of carbonyl (C=O) groups excluding carboxylic acids is 3. The summed E-state index contributed by atoms with van der Waals surface area (Å²) in [6.07, 6.45) is 1.29.